The van der Waals surface area contributed by atoms with Crippen LogP contribution in [0, 0.1) is 5.82 Å². The molecule has 1 heterocycles. The molecule has 0 spiro atoms. The summed E-state index contributed by atoms with van der Waals surface area (Å²) in [6.07, 6.45) is 1.71. The average molecular weight is 404 g/mol. The second-order valence-electron chi connectivity index (χ2n) is 5.53. The van der Waals surface area contributed by atoms with Gasteiger partial charge in [-0.25, -0.2) is 4.39 Å². The van der Waals surface area contributed by atoms with E-state index >= 15 is 0 Å². The molecule has 0 saturated carbocycles. The van der Waals surface area contributed by atoms with Crippen LogP contribution in [-0.2, 0) is 4.79 Å². The first kappa shape index (κ1) is 19.4. The van der Waals surface area contributed by atoms with Crippen LogP contribution in [0.3, 0.4) is 0 Å². The van der Waals surface area contributed by atoms with E-state index in [1.807, 2.05) is 26.0 Å². The SMILES string of the molecule is CCOc1ccc(/C=C2/SC(=S)N(c3ccccc3F)C2=O)c(OCC)c1. The molecule has 0 aliphatic carbocycles. The number of rotatable bonds is 6. The van der Waals surface area contributed by atoms with Gasteiger partial charge in [0.1, 0.15) is 17.3 Å². The topological polar surface area (TPSA) is 38.8 Å². The van der Waals surface area contributed by atoms with E-state index in [1.165, 1.54) is 17.0 Å². The molecule has 1 amide bonds. The number of para-hydroxylation sites is 1. The average Bonchev–Trinajstić information content (AvgIpc) is 2.92. The summed E-state index contributed by atoms with van der Waals surface area (Å²) < 4.78 is 25.6. The van der Waals surface area contributed by atoms with Crippen LogP contribution in [0.25, 0.3) is 6.08 Å². The monoisotopic (exact) mass is 403 g/mol. The van der Waals surface area contributed by atoms with Crippen molar-refractivity contribution in [2.75, 3.05) is 18.1 Å². The van der Waals surface area contributed by atoms with Crippen molar-refractivity contribution in [1.29, 1.82) is 0 Å². The maximum absolute atomic E-state index is 14.1. The molecule has 7 heteroatoms. The number of thioether (sulfide) groups is 1. The summed E-state index contributed by atoms with van der Waals surface area (Å²) >= 11 is 6.44. The Balaban J connectivity index is 1.95. The molecule has 2 aromatic carbocycles. The maximum atomic E-state index is 14.1. The Hall–Kier alpha value is -2.38. The number of halogens is 1. The Morgan fingerprint density at radius 1 is 1.15 bits per heavy atom. The molecular weight excluding hydrogens is 385 g/mol. The number of amides is 1. The standard InChI is InChI=1S/C20H18FNO3S2/c1-3-24-14-10-9-13(17(12-14)25-4-2)11-18-19(23)22(20(26)27-18)16-8-6-5-7-15(16)21/h5-12H,3-4H2,1-2H3/b18-11+. The lowest BCUT2D eigenvalue weighted by molar-refractivity contribution is -0.113. The molecule has 1 aliphatic rings. The van der Waals surface area contributed by atoms with E-state index in [0.717, 1.165) is 17.3 Å². The van der Waals surface area contributed by atoms with Crippen molar-refractivity contribution in [3.05, 3.63) is 58.8 Å². The number of benzene rings is 2. The Bertz CT molecular complexity index is 914. The summed E-state index contributed by atoms with van der Waals surface area (Å²) in [4.78, 5) is 14.5. The Morgan fingerprint density at radius 2 is 1.89 bits per heavy atom. The second kappa shape index (κ2) is 8.54. The number of ether oxygens (including phenoxy) is 2. The van der Waals surface area contributed by atoms with Crippen LogP contribution in [-0.4, -0.2) is 23.4 Å². The molecule has 1 saturated heterocycles. The molecule has 1 fully saturated rings. The van der Waals surface area contributed by atoms with Crippen molar-refractivity contribution in [3.8, 4) is 11.5 Å². The predicted molar refractivity (Wildman–Crippen MR) is 111 cm³/mol. The van der Waals surface area contributed by atoms with E-state index < -0.39 is 5.82 Å². The van der Waals surface area contributed by atoms with Crippen molar-refractivity contribution in [1.82, 2.24) is 0 Å². The minimum absolute atomic E-state index is 0.153. The molecule has 3 rings (SSSR count). The van der Waals surface area contributed by atoms with Crippen molar-refractivity contribution < 1.29 is 18.7 Å². The largest absolute Gasteiger partial charge is 0.494 e. The number of anilines is 1. The minimum Gasteiger partial charge on any atom is -0.494 e. The van der Waals surface area contributed by atoms with Crippen LogP contribution in [0.15, 0.2) is 47.4 Å². The summed E-state index contributed by atoms with van der Waals surface area (Å²) in [5.41, 5.74) is 0.884. The first-order valence-electron chi connectivity index (χ1n) is 8.47. The highest BCUT2D eigenvalue weighted by atomic mass is 32.2. The molecule has 0 atom stereocenters. The number of nitrogens with zero attached hydrogens (tertiary/aromatic N) is 1. The van der Waals surface area contributed by atoms with E-state index in [1.54, 1.807) is 24.3 Å². The first-order chi connectivity index (χ1) is 13.0. The van der Waals surface area contributed by atoms with Gasteiger partial charge in [0.2, 0.25) is 0 Å². The number of hydrogen-bond donors (Lipinski definition) is 0. The van der Waals surface area contributed by atoms with E-state index in [-0.39, 0.29) is 11.6 Å². The van der Waals surface area contributed by atoms with Crippen molar-refractivity contribution in [2.24, 2.45) is 0 Å². The maximum Gasteiger partial charge on any atom is 0.270 e. The molecule has 0 aromatic heterocycles. The number of carbonyl (C=O) groups is 1. The van der Waals surface area contributed by atoms with Crippen LogP contribution in [0.5, 0.6) is 11.5 Å². The van der Waals surface area contributed by atoms with E-state index in [9.17, 15) is 9.18 Å². The summed E-state index contributed by atoms with van der Waals surface area (Å²) in [5.74, 6) is 0.453. The number of carbonyl (C=O) groups excluding carboxylic acids is 1. The lowest BCUT2D eigenvalue weighted by Gasteiger charge is -2.15. The van der Waals surface area contributed by atoms with Crippen LogP contribution in [0.4, 0.5) is 10.1 Å². The normalized spacial score (nSPS) is 15.5. The molecule has 27 heavy (non-hydrogen) atoms. The van der Waals surface area contributed by atoms with Gasteiger partial charge in [-0.3, -0.25) is 9.69 Å². The fraction of sp³-hybridized carbons (Fsp3) is 0.200. The predicted octanol–water partition coefficient (Wildman–Crippen LogP) is 5.03. The molecule has 4 nitrogen and oxygen atoms in total. The zero-order valence-electron chi connectivity index (χ0n) is 14.9. The highest BCUT2D eigenvalue weighted by Gasteiger charge is 2.34. The van der Waals surface area contributed by atoms with Crippen molar-refractivity contribution in [2.45, 2.75) is 13.8 Å². The number of thiocarbonyl (C=S) groups is 1. The Labute approximate surface area is 167 Å². The zero-order chi connectivity index (χ0) is 19.4. The highest BCUT2D eigenvalue weighted by Crippen LogP contribution is 2.38. The van der Waals surface area contributed by atoms with E-state index in [4.69, 9.17) is 21.7 Å². The minimum atomic E-state index is -0.494. The lowest BCUT2D eigenvalue weighted by atomic mass is 10.1. The third kappa shape index (κ3) is 4.14. The van der Waals surface area contributed by atoms with Crippen LogP contribution < -0.4 is 14.4 Å². The van der Waals surface area contributed by atoms with Gasteiger partial charge in [0.05, 0.1) is 23.8 Å². The fourth-order valence-electron chi connectivity index (χ4n) is 2.62. The van der Waals surface area contributed by atoms with Gasteiger partial charge in [0, 0.05) is 11.6 Å². The summed E-state index contributed by atoms with van der Waals surface area (Å²) in [7, 11) is 0. The van der Waals surface area contributed by atoms with Crippen LogP contribution >= 0.6 is 24.0 Å². The van der Waals surface area contributed by atoms with Gasteiger partial charge in [-0.1, -0.05) is 36.1 Å². The van der Waals surface area contributed by atoms with E-state index in [0.29, 0.717) is 33.9 Å². The third-order valence-electron chi connectivity index (χ3n) is 3.77. The lowest BCUT2D eigenvalue weighted by Crippen LogP contribution is -2.28. The van der Waals surface area contributed by atoms with Crippen molar-refractivity contribution in [3.63, 3.8) is 0 Å². The highest BCUT2D eigenvalue weighted by molar-refractivity contribution is 8.27. The van der Waals surface area contributed by atoms with Crippen LogP contribution in [0.2, 0.25) is 0 Å². The van der Waals surface area contributed by atoms with Gasteiger partial charge in [-0.05, 0) is 44.2 Å². The molecule has 2 aromatic rings. The van der Waals surface area contributed by atoms with Gasteiger partial charge in [0.15, 0.2) is 4.32 Å². The molecule has 0 radical (unpaired) electrons. The number of hydrogen-bond acceptors (Lipinski definition) is 5. The van der Waals surface area contributed by atoms with Crippen LogP contribution in [0.1, 0.15) is 19.4 Å². The van der Waals surface area contributed by atoms with Crippen molar-refractivity contribution >= 4 is 46.0 Å². The molecule has 0 unspecified atom stereocenters. The zero-order valence-corrected chi connectivity index (χ0v) is 16.5. The van der Waals surface area contributed by atoms with Gasteiger partial charge in [-0.15, -0.1) is 0 Å². The second-order valence-corrected chi connectivity index (χ2v) is 7.21. The van der Waals surface area contributed by atoms with Gasteiger partial charge < -0.3 is 9.47 Å². The summed E-state index contributed by atoms with van der Waals surface area (Å²) in [6.45, 7) is 4.82. The molecule has 0 bridgehead atoms. The van der Waals surface area contributed by atoms with E-state index in [2.05, 4.69) is 0 Å². The summed E-state index contributed by atoms with van der Waals surface area (Å²) in [6, 6.07) is 11.5. The van der Waals surface area contributed by atoms with Gasteiger partial charge >= 0.3 is 0 Å². The molecule has 140 valence electrons. The Morgan fingerprint density at radius 3 is 2.59 bits per heavy atom. The van der Waals surface area contributed by atoms with Gasteiger partial charge in [-0.2, -0.15) is 0 Å². The molecule has 1 aliphatic heterocycles. The molecule has 0 N–H and O–H groups in total. The summed E-state index contributed by atoms with van der Waals surface area (Å²) in [5, 5.41) is 0. The third-order valence-corrected chi connectivity index (χ3v) is 5.07. The smallest absolute Gasteiger partial charge is 0.270 e. The quantitative estimate of drug-likeness (QED) is 0.500. The molecular formula is C20H18FNO3S2. The fourth-order valence-corrected chi connectivity index (χ4v) is 3.90. The van der Waals surface area contributed by atoms with Gasteiger partial charge in [0.25, 0.3) is 5.91 Å². The first-order valence-corrected chi connectivity index (χ1v) is 9.69. The Kier molecular flexibility index (Phi) is 6.13.